The second kappa shape index (κ2) is 5.70. The first kappa shape index (κ1) is 12.0. The molecule has 1 aromatic carbocycles. The molecule has 3 N–H and O–H groups in total. The number of nitrogens with one attached hydrogen (secondary N) is 1. The van der Waals surface area contributed by atoms with Crippen molar-refractivity contribution in [2.24, 2.45) is 5.84 Å². The van der Waals surface area contributed by atoms with Crippen LogP contribution in [-0.2, 0) is 4.74 Å². The molecular formula is C11H18N2O2. The van der Waals surface area contributed by atoms with Crippen LogP contribution in [0.1, 0.15) is 18.5 Å². The maximum Gasteiger partial charge on any atom is 0.119 e. The van der Waals surface area contributed by atoms with Gasteiger partial charge in [-0.3, -0.25) is 11.3 Å². The van der Waals surface area contributed by atoms with Crippen LogP contribution in [-0.4, -0.2) is 20.3 Å². The van der Waals surface area contributed by atoms with Crippen LogP contribution in [0, 0.1) is 0 Å². The lowest BCUT2D eigenvalue weighted by molar-refractivity contribution is 0.0830. The maximum atomic E-state index is 5.50. The van der Waals surface area contributed by atoms with Gasteiger partial charge in [0.2, 0.25) is 0 Å². The molecule has 0 aliphatic heterocycles. The van der Waals surface area contributed by atoms with Crippen LogP contribution in [0.2, 0.25) is 0 Å². The van der Waals surface area contributed by atoms with Crippen molar-refractivity contribution in [3.05, 3.63) is 29.8 Å². The lowest BCUT2D eigenvalue weighted by atomic mass is 10.0. The molecule has 0 amide bonds. The van der Waals surface area contributed by atoms with Crippen LogP contribution in [0.3, 0.4) is 0 Å². The fraction of sp³-hybridized carbons (Fsp3) is 0.455. The standard InChI is InChI=1S/C11H18N2O2/c1-8(14-2)11(13-12)9-5-4-6-10(7-9)15-3/h4-8,11,13H,12H2,1-3H3. The molecule has 4 nitrogen and oxygen atoms in total. The number of nitrogens with two attached hydrogens (primary N) is 1. The highest BCUT2D eigenvalue weighted by atomic mass is 16.5. The summed E-state index contributed by atoms with van der Waals surface area (Å²) in [5.74, 6) is 6.32. The summed E-state index contributed by atoms with van der Waals surface area (Å²) in [7, 11) is 3.30. The van der Waals surface area contributed by atoms with Crippen molar-refractivity contribution in [2.45, 2.75) is 19.1 Å². The molecule has 0 heterocycles. The van der Waals surface area contributed by atoms with Crippen molar-refractivity contribution in [1.29, 1.82) is 0 Å². The summed E-state index contributed by atoms with van der Waals surface area (Å²) in [5.41, 5.74) is 3.79. The molecule has 4 heteroatoms. The molecule has 0 radical (unpaired) electrons. The molecule has 0 saturated carbocycles. The van der Waals surface area contributed by atoms with Gasteiger partial charge in [-0.15, -0.1) is 0 Å². The molecule has 15 heavy (non-hydrogen) atoms. The van der Waals surface area contributed by atoms with Gasteiger partial charge in [-0.2, -0.15) is 0 Å². The summed E-state index contributed by atoms with van der Waals surface area (Å²) in [5, 5.41) is 0. The van der Waals surface area contributed by atoms with Gasteiger partial charge in [0.25, 0.3) is 0 Å². The Hall–Kier alpha value is -1.10. The fourth-order valence-electron chi connectivity index (χ4n) is 1.47. The van der Waals surface area contributed by atoms with Crippen molar-refractivity contribution in [3.8, 4) is 5.75 Å². The van der Waals surface area contributed by atoms with E-state index in [0.717, 1.165) is 11.3 Å². The van der Waals surface area contributed by atoms with E-state index in [1.54, 1.807) is 14.2 Å². The predicted molar refractivity (Wildman–Crippen MR) is 59.5 cm³/mol. The van der Waals surface area contributed by atoms with E-state index in [1.165, 1.54) is 0 Å². The molecule has 0 aromatic heterocycles. The molecule has 1 rings (SSSR count). The number of methoxy groups -OCH3 is 2. The van der Waals surface area contributed by atoms with E-state index in [-0.39, 0.29) is 12.1 Å². The first-order valence-electron chi connectivity index (χ1n) is 4.85. The summed E-state index contributed by atoms with van der Waals surface area (Å²) in [6.07, 6.45) is 0.00195. The second-order valence-corrected chi connectivity index (χ2v) is 3.36. The summed E-state index contributed by atoms with van der Waals surface area (Å²) >= 11 is 0. The number of rotatable bonds is 5. The third kappa shape index (κ3) is 2.92. The van der Waals surface area contributed by atoms with E-state index >= 15 is 0 Å². The second-order valence-electron chi connectivity index (χ2n) is 3.36. The summed E-state index contributed by atoms with van der Waals surface area (Å²) in [6.45, 7) is 1.96. The zero-order chi connectivity index (χ0) is 11.3. The number of hydrazine groups is 1. The van der Waals surface area contributed by atoms with Crippen LogP contribution in [0.15, 0.2) is 24.3 Å². The normalized spacial score (nSPS) is 14.7. The van der Waals surface area contributed by atoms with Gasteiger partial charge < -0.3 is 9.47 Å². The number of hydrogen-bond acceptors (Lipinski definition) is 4. The number of benzene rings is 1. The minimum Gasteiger partial charge on any atom is -0.497 e. The molecular weight excluding hydrogens is 192 g/mol. The van der Waals surface area contributed by atoms with Crippen molar-refractivity contribution in [2.75, 3.05) is 14.2 Å². The van der Waals surface area contributed by atoms with Gasteiger partial charge in [0.05, 0.1) is 19.3 Å². The van der Waals surface area contributed by atoms with Crippen molar-refractivity contribution < 1.29 is 9.47 Å². The molecule has 0 saturated heterocycles. The monoisotopic (exact) mass is 210 g/mol. The van der Waals surface area contributed by atoms with E-state index in [2.05, 4.69) is 5.43 Å². The van der Waals surface area contributed by atoms with E-state index in [1.807, 2.05) is 31.2 Å². The molecule has 2 atom stereocenters. The van der Waals surface area contributed by atoms with Crippen molar-refractivity contribution >= 4 is 0 Å². The largest absolute Gasteiger partial charge is 0.497 e. The fourth-order valence-corrected chi connectivity index (χ4v) is 1.47. The average Bonchev–Trinajstić information content (AvgIpc) is 2.30. The van der Waals surface area contributed by atoms with Gasteiger partial charge in [-0.1, -0.05) is 12.1 Å². The lowest BCUT2D eigenvalue weighted by Gasteiger charge is -2.22. The molecule has 0 spiro atoms. The van der Waals surface area contributed by atoms with Gasteiger partial charge >= 0.3 is 0 Å². The number of ether oxygens (including phenoxy) is 2. The van der Waals surface area contributed by atoms with Gasteiger partial charge in [0.1, 0.15) is 5.75 Å². The van der Waals surface area contributed by atoms with Crippen LogP contribution in [0.5, 0.6) is 5.75 Å². The van der Waals surface area contributed by atoms with Gasteiger partial charge in [-0.25, -0.2) is 0 Å². The van der Waals surface area contributed by atoms with Crippen LogP contribution < -0.4 is 16.0 Å². The Morgan fingerprint density at radius 1 is 1.33 bits per heavy atom. The van der Waals surface area contributed by atoms with Gasteiger partial charge in [0.15, 0.2) is 0 Å². The molecule has 1 aromatic rings. The predicted octanol–water partition coefficient (Wildman–Crippen LogP) is 1.23. The highest BCUT2D eigenvalue weighted by molar-refractivity contribution is 5.30. The lowest BCUT2D eigenvalue weighted by Crippen LogP contribution is -2.36. The SMILES string of the molecule is COc1cccc(C(NN)C(C)OC)c1. The first-order valence-corrected chi connectivity index (χ1v) is 4.85. The molecule has 84 valence electrons. The van der Waals surface area contributed by atoms with Gasteiger partial charge in [-0.05, 0) is 24.6 Å². The van der Waals surface area contributed by atoms with Crippen molar-refractivity contribution in [3.63, 3.8) is 0 Å². The Bertz CT molecular complexity index is 304. The first-order chi connectivity index (χ1) is 7.22. The van der Waals surface area contributed by atoms with E-state index in [0.29, 0.717) is 0 Å². The van der Waals surface area contributed by atoms with E-state index < -0.39 is 0 Å². The zero-order valence-electron chi connectivity index (χ0n) is 9.36. The highest BCUT2D eigenvalue weighted by Crippen LogP contribution is 2.22. The molecule has 0 fully saturated rings. The maximum absolute atomic E-state index is 5.50. The summed E-state index contributed by atoms with van der Waals surface area (Å²) in [6, 6.07) is 7.73. The Morgan fingerprint density at radius 2 is 2.07 bits per heavy atom. The Labute approximate surface area is 90.3 Å². The minimum absolute atomic E-state index is 0.00195. The minimum atomic E-state index is -0.0369. The molecule has 0 aliphatic carbocycles. The molecule has 0 aliphatic rings. The van der Waals surface area contributed by atoms with Gasteiger partial charge in [0, 0.05) is 7.11 Å². The van der Waals surface area contributed by atoms with E-state index in [9.17, 15) is 0 Å². The Balaban J connectivity index is 2.91. The van der Waals surface area contributed by atoms with Crippen molar-refractivity contribution in [1.82, 2.24) is 5.43 Å². The van der Waals surface area contributed by atoms with E-state index in [4.69, 9.17) is 15.3 Å². The third-order valence-corrected chi connectivity index (χ3v) is 2.47. The topological polar surface area (TPSA) is 56.5 Å². The smallest absolute Gasteiger partial charge is 0.119 e. The third-order valence-electron chi connectivity index (χ3n) is 2.47. The molecule has 0 bridgehead atoms. The highest BCUT2D eigenvalue weighted by Gasteiger charge is 2.17. The van der Waals surface area contributed by atoms with Crippen LogP contribution >= 0.6 is 0 Å². The summed E-state index contributed by atoms with van der Waals surface area (Å²) in [4.78, 5) is 0. The quantitative estimate of drug-likeness (QED) is 0.567. The van der Waals surface area contributed by atoms with Crippen LogP contribution in [0.4, 0.5) is 0 Å². The molecule has 2 unspecified atom stereocenters. The Morgan fingerprint density at radius 3 is 2.60 bits per heavy atom. The zero-order valence-corrected chi connectivity index (χ0v) is 9.36. The summed E-state index contributed by atoms with van der Waals surface area (Å²) < 4.78 is 10.4. The van der Waals surface area contributed by atoms with Crippen LogP contribution in [0.25, 0.3) is 0 Å². The number of hydrogen-bond donors (Lipinski definition) is 2. The Kier molecular flexibility index (Phi) is 4.55. The average molecular weight is 210 g/mol.